The number of rotatable bonds is 22. The van der Waals surface area contributed by atoms with E-state index in [2.05, 4.69) is 28.0 Å². The largest absolute Gasteiger partial charge is 0.394 e. The van der Waals surface area contributed by atoms with Crippen molar-refractivity contribution in [2.75, 3.05) is 39.6 Å². The van der Waals surface area contributed by atoms with Gasteiger partial charge in [-0.3, -0.25) is 9.78 Å². The smallest absolute Gasteiger partial charge is 0.372 e. The van der Waals surface area contributed by atoms with Crippen molar-refractivity contribution in [1.82, 2.24) is 0 Å². The molecule has 0 aliphatic heterocycles. The fourth-order valence-electron chi connectivity index (χ4n) is 2.51. The van der Waals surface area contributed by atoms with Crippen LogP contribution in [0.2, 0.25) is 0 Å². The molecule has 0 amide bonds. The molecule has 13 heteroatoms. The highest BCUT2D eigenvalue weighted by Gasteiger charge is 2.21. The summed E-state index contributed by atoms with van der Waals surface area (Å²) in [5.41, 5.74) is -0.237. The number of hydrogen-bond donors (Lipinski definition) is 4. The molecule has 13 nitrogen and oxygen atoms in total. The van der Waals surface area contributed by atoms with Gasteiger partial charge in [0.25, 0.3) is 0 Å². The van der Waals surface area contributed by atoms with Crippen LogP contribution in [0.25, 0.3) is 0 Å². The topological polar surface area (TPSA) is 180 Å². The van der Waals surface area contributed by atoms with E-state index >= 15 is 0 Å². The number of hydrogen-bond acceptors (Lipinski definition) is 13. The summed E-state index contributed by atoms with van der Waals surface area (Å²) in [5.74, 6) is -2.11. The highest BCUT2D eigenvalue weighted by Crippen LogP contribution is 2.12. The molecule has 0 rings (SSSR count). The molecule has 0 saturated heterocycles. The van der Waals surface area contributed by atoms with Gasteiger partial charge >= 0.3 is 11.9 Å². The van der Waals surface area contributed by atoms with Gasteiger partial charge in [0.05, 0.1) is 76.3 Å². The predicted octanol–water partition coefficient (Wildman–Crippen LogP) is 0.139. The van der Waals surface area contributed by atoms with Gasteiger partial charge in [0.1, 0.15) is 0 Å². The monoisotopic (exact) mass is 538 g/mol. The Kier molecular flexibility index (Phi) is 19.0. The molecule has 0 aliphatic rings. The van der Waals surface area contributed by atoms with Crippen LogP contribution < -0.4 is 0 Å². The van der Waals surface area contributed by atoms with E-state index in [1.807, 2.05) is 0 Å². The molecule has 0 aromatic heterocycles. The first-order valence-electron chi connectivity index (χ1n) is 11.9. The van der Waals surface area contributed by atoms with Crippen LogP contribution in [-0.2, 0) is 43.3 Å². The maximum atomic E-state index is 12.0. The Morgan fingerprint density at radius 3 is 1.30 bits per heavy atom. The quantitative estimate of drug-likeness (QED) is 0.0831. The molecule has 6 atom stereocenters. The SMILES string of the molecule is C=C(CC(CO)OCC(C)OCC(C)O)C(=O)OOOC(=O)C(=C)CC(CO)OCC(C)OCC(C)O. The molecule has 0 bridgehead atoms. The Morgan fingerprint density at radius 1 is 0.649 bits per heavy atom. The Labute approximate surface area is 217 Å². The molecule has 0 spiro atoms. The third-order valence-corrected chi connectivity index (χ3v) is 4.53. The molecule has 0 aliphatic carbocycles. The second-order valence-electron chi connectivity index (χ2n) is 8.69. The van der Waals surface area contributed by atoms with E-state index in [1.165, 1.54) is 0 Å². The number of aliphatic hydroxyl groups excluding tert-OH is 4. The predicted molar refractivity (Wildman–Crippen MR) is 129 cm³/mol. The van der Waals surface area contributed by atoms with Crippen molar-refractivity contribution >= 4 is 11.9 Å². The average molecular weight is 539 g/mol. The second kappa shape index (κ2) is 20.1. The lowest BCUT2D eigenvalue weighted by atomic mass is 10.1. The molecule has 0 heterocycles. The minimum absolute atomic E-state index is 0.0999. The molecule has 0 fully saturated rings. The number of aliphatic hydroxyl groups is 4. The van der Waals surface area contributed by atoms with E-state index in [0.29, 0.717) is 0 Å². The van der Waals surface area contributed by atoms with Gasteiger partial charge in [0.2, 0.25) is 0 Å². The van der Waals surface area contributed by atoms with E-state index in [4.69, 9.17) is 18.9 Å². The molecule has 0 radical (unpaired) electrons. The van der Waals surface area contributed by atoms with Gasteiger partial charge in [0, 0.05) is 29.0 Å². The molecule has 4 N–H and O–H groups in total. The van der Waals surface area contributed by atoms with Crippen LogP contribution in [0, 0.1) is 0 Å². The van der Waals surface area contributed by atoms with Crippen molar-refractivity contribution in [2.45, 2.75) is 77.2 Å². The summed E-state index contributed by atoms with van der Waals surface area (Å²) in [6.07, 6.45) is -3.74. The third kappa shape index (κ3) is 18.0. The first-order valence-corrected chi connectivity index (χ1v) is 11.9. The lowest BCUT2D eigenvalue weighted by molar-refractivity contribution is -0.456. The molecule has 6 unspecified atom stereocenters. The zero-order valence-electron chi connectivity index (χ0n) is 22.0. The number of ether oxygens (including phenoxy) is 4. The summed E-state index contributed by atoms with van der Waals surface area (Å²) < 4.78 is 21.6. The van der Waals surface area contributed by atoms with Crippen molar-refractivity contribution in [2.24, 2.45) is 0 Å². The average Bonchev–Trinajstić information content (AvgIpc) is 2.85. The maximum absolute atomic E-state index is 12.0. The Balaban J connectivity index is 4.34. The van der Waals surface area contributed by atoms with E-state index in [-0.39, 0.29) is 62.6 Å². The van der Waals surface area contributed by atoms with Gasteiger partial charge in [-0.25, -0.2) is 9.59 Å². The van der Waals surface area contributed by atoms with E-state index in [9.17, 15) is 30.0 Å². The van der Waals surface area contributed by atoms with Gasteiger partial charge in [-0.1, -0.05) is 13.2 Å². The molecular weight excluding hydrogens is 496 g/mol. The highest BCUT2D eigenvalue weighted by atomic mass is 17.5. The summed E-state index contributed by atoms with van der Waals surface area (Å²) in [4.78, 5) is 32.8. The van der Waals surface area contributed by atoms with Crippen molar-refractivity contribution in [3.05, 3.63) is 24.3 Å². The fraction of sp³-hybridized carbons (Fsp3) is 0.750. The highest BCUT2D eigenvalue weighted by molar-refractivity contribution is 5.88. The van der Waals surface area contributed by atoms with Gasteiger partial charge in [-0.15, -0.1) is 0 Å². The van der Waals surface area contributed by atoms with Gasteiger partial charge in [-0.2, -0.15) is 0 Å². The summed E-state index contributed by atoms with van der Waals surface area (Å²) in [6.45, 7) is 13.3. The Morgan fingerprint density at radius 2 is 1.00 bits per heavy atom. The van der Waals surface area contributed by atoms with Crippen LogP contribution in [0.15, 0.2) is 24.3 Å². The number of carbonyl (C=O) groups is 2. The molecule has 0 saturated carbocycles. The van der Waals surface area contributed by atoms with Crippen LogP contribution in [0.1, 0.15) is 40.5 Å². The zero-order valence-corrected chi connectivity index (χ0v) is 22.0. The van der Waals surface area contributed by atoms with Crippen LogP contribution in [0.5, 0.6) is 0 Å². The summed E-state index contributed by atoms with van der Waals surface area (Å²) in [7, 11) is 0. The summed E-state index contributed by atoms with van der Waals surface area (Å²) in [5, 5.41) is 41.6. The van der Waals surface area contributed by atoms with Crippen molar-refractivity contribution in [3.8, 4) is 0 Å². The third-order valence-electron chi connectivity index (χ3n) is 4.53. The normalized spacial score (nSPS) is 16.2. The van der Waals surface area contributed by atoms with Crippen LogP contribution >= 0.6 is 0 Å². The van der Waals surface area contributed by atoms with E-state index < -0.39 is 49.6 Å². The van der Waals surface area contributed by atoms with Crippen molar-refractivity contribution in [3.63, 3.8) is 0 Å². The molecule has 0 aromatic rings. The van der Waals surface area contributed by atoms with E-state index in [0.717, 1.165) is 0 Å². The first kappa shape index (κ1) is 35.1. The minimum Gasteiger partial charge on any atom is -0.394 e. The Bertz CT molecular complexity index is 624. The van der Waals surface area contributed by atoms with Gasteiger partial charge in [0.15, 0.2) is 0 Å². The zero-order chi connectivity index (χ0) is 28.4. The fourth-order valence-corrected chi connectivity index (χ4v) is 2.51. The molecular formula is C24H42O13. The van der Waals surface area contributed by atoms with Gasteiger partial charge < -0.3 is 39.4 Å². The lowest BCUT2D eigenvalue weighted by Gasteiger charge is -2.20. The minimum atomic E-state index is -1.05. The number of carbonyl (C=O) groups excluding carboxylic acids is 2. The Hall–Kier alpha value is -1.94. The van der Waals surface area contributed by atoms with E-state index in [1.54, 1.807) is 27.7 Å². The van der Waals surface area contributed by atoms with Crippen LogP contribution in [0.3, 0.4) is 0 Å². The molecule has 216 valence electrons. The second-order valence-corrected chi connectivity index (χ2v) is 8.69. The molecule has 37 heavy (non-hydrogen) atoms. The standard InChI is InChI=1S/C24H42O13/c1-15(7-21(9-25)33-13-19(5)31-11-17(3)27)23(29)35-37-36-24(30)16(2)8-22(10-26)34-14-20(6)32-12-18(4)28/h17-22,25-28H,1-2,7-14H2,3-6H3. The van der Waals surface area contributed by atoms with Crippen LogP contribution in [-0.4, -0.2) is 109 Å². The first-order chi connectivity index (χ1) is 17.4. The van der Waals surface area contributed by atoms with Crippen LogP contribution in [0.4, 0.5) is 0 Å². The summed E-state index contributed by atoms with van der Waals surface area (Å²) in [6, 6.07) is 0. The lowest BCUT2D eigenvalue weighted by Crippen LogP contribution is -2.28. The van der Waals surface area contributed by atoms with Crippen molar-refractivity contribution in [1.29, 1.82) is 0 Å². The van der Waals surface area contributed by atoms with Crippen molar-refractivity contribution < 1.29 is 63.8 Å². The maximum Gasteiger partial charge on any atom is 0.372 e. The van der Waals surface area contributed by atoms with Gasteiger partial charge in [-0.05, 0) is 27.7 Å². The molecule has 0 aromatic carbocycles. The summed E-state index contributed by atoms with van der Waals surface area (Å²) >= 11 is 0.